The Kier molecular flexibility index (Phi) is 5.03. The smallest absolute Gasteiger partial charge is 0.319 e. The lowest BCUT2D eigenvalue weighted by Crippen LogP contribution is -2.40. The van der Waals surface area contributed by atoms with Gasteiger partial charge in [0.15, 0.2) is 0 Å². The van der Waals surface area contributed by atoms with Crippen LogP contribution in [-0.2, 0) is 0 Å². The van der Waals surface area contributed by atoms with Crippen molar-refractivity contribution < 1.29 is 18.7 Å². The number of carbonyl (C=O) groups excluding carboxylic acids is 1. The predicted octanol–water partition coefficient (Wildman–Crippen LogP) is 2.10. The number of amides is 2. The van der Waals surface area contributed by atoms with Gasteiger partial charge in [-0.05, 0) is 25.0 Å². The zero-order chi connectivity index (χ0) is 13.7. The van der Waals surface area contributed by atoms with E-state index in [9.17, 15) is 13.6 Å². The zero-order valence-corrected chi connectivity index (χ0v) is 10.2. The molecule has 18 heavy (non-hydrogen) atoms. The van der Waals surface area contributed by atoms with Gasteiger partial charge in [0.2, 0.25) is 0 Å². The van der Waals surface area contributed by atoms with Crippen molar-refractivity contribution in [2.45, 2.75) is 19.9 Å². The highest BCUT2D eigenvalue weighted by atomic mass is 19.1. The highest BCUT2D eigenvalue weighted by molar-refractivity contribution is 5.89. The predicted molar refractivity (Wildman–Crippen MR) is 64.2 cm³/mol. The molecule has 0 fully saturated rings. The monoisotopic (exact) mass is 258 g/mol. The first kappa shape index (κ1) is 14.4. The third-order valence-corrected chi connectivity index (χ3v) is 2.68. The summed E-state index contributed by atoms with van der Waals surface area (Å²) < 4.78 is 26.1. The normalized spacial score (nSPS) is 13.8. The Labute approximate surface area is 104 Å². The van der Waals surface area contributed by atoms with Crippen LogP contribution in [-0.4, -0.2) is 23.8 Å². The van der Waals surface area contributed by atoms with Crippen molar-refractivity contribution in [2.75, 3.05) is 11.9 Å². The van der Waals surface area contributed by atoms with E-state index in [2.05, 4.69) is 10.6 Å². The summed E-state index contributed by atoms with van der Waals surface area (Å²) in [6.45, 7) is 3.39. The Morgan fingerprint density at radius 2 is 2.06 bits per heavy atom. The molecule has 0 aliphatic rings. The van der Waals surface area contributed by atoms with Gasteiger partial charge in [-0.3, -0.25) is 0 Å². The maximum absolute atomic E-state index is 13.2. The molecule has 0 spiro atoms. The van der Waals surface area contributed by atoms with Crippen molar-refractivity contribution in [3.8, 4) is 0 Å². The molecule has 1 aromatic rings. The number of carbonyl (C=O) groups is 1. The van der Waals surface area contributed by atoms with Crippen LogP contribution in [0.3, 0.4) is 0 Å². The van der Waals surface area contributed by atoms with E-state index in [4.69, 9.17) is 5.11 Å². The molecule has 0 heterocycles. The van der Waals surface area contributed by atoms with Gasteiger partial charge in [-0.15, -0.1) is 0 Å². The number of urea groups is 1. The Morgan fingerprint density at radius 3 is 2.67 bits per heavy atom. The molecule has 0 aliphatic heterocycles. The molecular formula is C12H16F2N2O2. The molecule has 2 unspecified atom stereocenters. The molecule has 1 rings (SSSR count). The van der Waals surface area contributed by atoms with Gasteiger partial charge in [0, 0.05) is 18.7 Å². The van der Waals surface area contributed by atoms with Crippen LogP contribution in [0, 0.1) is 17.6 Å². The number of aliphatic hydroxyl groups excluding tert-OH is 1. The molecule has 3 N–H and O–H groups in total. The van der Waals surface area contributed by atoms with Crippen molar-refractivity contribution in [1.82, 2.24) is 5.32 Å². The minimum Gasteiger partial charge on any atom is -0.396 e. The Bertz CT molecular complexity index is 427. The van der Waals surface area contributed by atoms with E-state index < -0.39 is 17.7 Å². The van der Waals surface area contributed by atoms with Gasteiger partial charge in [-0.25, -0.2) is 13.6 Å². The number of halogens is 2. The highest BCUT2D eigenvalue weighted by Gasteiger charge is 2.15. The number of anilines is 1. The molecule has 6 heteroatoms. The molecule has 0 aliphatic carbocycles. The molecule has 0 radical (unpaired) electrons. The summed E-state index contributed by atoms with van der Waals surface area (Å²) in [4.78, 5) is 11.5. The van der Waals surface area contributed by atoms with Crippen molar-refractivity contribution in [3.05, 3.63) is 29.8 Å². The average Bonchev–Trinajstić information content (AvgIpc) is 2.32. The van der Waals surface area contributed by atoms with Gasteiger partial charge >= 0.3 is 6.03 Å². The first-order valence-electron chi connectivity index (χ1n) is 5.57. The highest BCUT2D eigenvalue weighted by Crippen LogP contribution is 2.15. The number of hydrogen-bond acceptors (Lipinski definition) is 2. The Hall–Kier alpha value is -1.69. The van der Waals surface area contributed by atoms with Gasteiger partial charge in [0.05, 0.1) is 5.69 Å². The van der Waals surface area contributed by atoms with Gasteiger partial charge in [0.25, 0.3) is 0 Å². The number of nitrogens with one attached hydrogen (secondary N) is 2. The van der Waals surface area contributed by atoms with E-state index in [1.165, 1.54) is 0 Å². The second-order valence-electron chi connectivity index (χ2n) is 4.17. The molecule has 2 atom stereocenters. The van der Waals surface area contributed by atoms with Crippen molar-refractivity contribution in [3.63, 3.8) is 0 Å². The van der Waals surface area contributed by atoms with Crippen LogP contribution < -0.4 is 10.6 Å². The van der Waals surface area contributed by atoms with Crippen LogP contribution >= 0.6 is 0 Å². The molecule has 1 aromatic carbocycles. The lowest BCUT2D eigenvalue weighted by molar-refractivity contribution is 0.204. The summed E-state index contributed by atoms with van der Waals surface area (Å²) >= 11 is 0. The third-order valence-electron chi connectivity index (χ3n) is 2.68. The zero-order valence-electron chi connectivity index (χ0n) is 10.2. The quantitative estimate of drug-likeness (QED) is 0.774. The molecule has 0 bridgehead atoms. The summed E-state index contributed by atoms with van der Waals surface area (Å²) in [6, 6.07) is 1.87. The van der Waals surface area contributed by atoms with Crippen LogP contribution in [0.1, 0.15) is 13.8 Å². The van der Waals surface area contributed by atoms with Crippen LogP contribution in [0.4, 0.5) is 19.3 Å². The molecular weight excluding hydrogens is 242 g/mol. The molecule has 100 valence electrons. The van der Waals surface area contributed by atoms with Crippen molar-refractivity contribution in [1.29, 1.82) is 0 Å². The topological polar surface area (TPSA) is 61.4 Å². The third kappa shape index (κ3) is 3.96. The Morgan fingerprint density at radius 1 is 1.39 bits per heavy atom. The second kappa shape index (κ2) is 6.30. The fraction of sp³-hybridized carbons (Fsp3) is 0.417. The number of benzene rings is 1. The van der Waals surface area contributed by atoms with Gasteiger partial charge in [0.1, 0.15) is 11.6 Å². The fourth-order valence-corrected chi connectivity index (χ4v) is 1.26. The van der Waals surface area contributed by atoms with E-state index in [1.54, 1.807) is 13.8 Å². The van der Waals surface area contributed by atoms with Crippen LogP contribution in [0.15, 0.2) is 18.2 Å². The van der Waals surface area contributed by atoms with E-state index in [0.717, 1.165) is 18.2 Å². The van der Waals surface area contributed by atoms with E-state index >= 15 is 0 Å². The van der Waals surface area contributed by atoms with Crippen molar-refractivity contribution >= 4 is 11.7 Å². The first-order chi connectivity index (χ1) is 8.43. The number of hydrogen-bond donors (Lipinski definition) is 3. The largest absolute Gasteiger partial charge is 0.396 e. The standard InChI is InChI=1S/C12H16F2N2O2/c1-7(6-17)8(2)15-12(18)16-11-5-9(13)3-4-10(11)14/h3-5,7-8,17H,6H2,1-2H3,(H2,15,16,18). The lowest BCUT2D eigenvalue weighted by atomic mass is 10.1. The first-order valence-corrected chi connectivity index (χ1v) is 5.57. The lowest BCUT2D eigenvalue weighted by Gasteiger charge is -2.19. The minimum atomic E-state index is -0.714. The SMILES string of the molecule is CC(CO)C(C)NC(=O)Nc1cc(F)ccc1F. The second-order valence-corrected chi connectivity index (χ2v) is 4.17. The van der Waals surface area contributed by atoms with Gasteiger partial charge < -0.3 is 15.7 Å². The van der Waals surface area contributed by atoms with Gasteiger partial charge in [-0.1, -0.05) is 6.92 Å². The summed E-state index contributed by atoms with van der Waals surface area (Å²) in [5, 5.41) is 13.6. The Balaban J connectivity index is 2.62. The molecule has 2 amide bonds. The number of rotatable bonds is 4. The van der Waals surface area contributed by atoms with Gasteiger partial charge in [-0.2, -0.15) is 0 Å². The molecule has 0 aromatic heterocycles. The van der Waals surface area contributed by atoms with Crippen molar-refractivity contribution in [2.24, 2.45) is 5.92 Å². The average molecular weight is 258 g/mol. The summed E-state index contributed by atoms with van der Waals surface area (Å²) in [5.74, 6) is -1.48. The summed E-state index contributed by atoms with van der Waals surface area (Å²) in [7, 11) is 0. The minimum absolute atomic E-state index is 0.0736. The summed E-state index contributed by atoms with van der Waals surface area (Å²) in [5.41, 5.74) is -0.226. The maximum Gasteiger partial charge on any atom is 0.319 e. The molecule has 0 saturated carbocycles. The van der Waals surface area contributed by atoms with Crippen LogP contribution in [0.5, 0.6) is 0 Å². The van der Waals surface area contributed by atoms with E-state index in [-0.39, 0.29) is 24.3 Å². The molecule has 0 saturated heterocycles. The molecule has 4 nitrogen and oxygen atoms in total. The van der Waals surface area contributed by atoms with Crippen LogP contribution in [0.2, 0.25) is 0 Å². The van der Waals surface area contributed by atoms with E-state index in [1.807, 2.05) is 0 Å². The van der Waals surface area contributed by atoms with E-state index in [0.29, 0.717) is 0 Å². The fourth-order valence-electron chi connectivity index (χ4n) is 1.26. The summed E-state index contributed by atoms with van der Waals surface area (Å²) in [6.07, 6.45) is 0. The maximum atomic E-state index is 13.2. The van der Waals surface area contributed by atoms with Crippen LogP contribution in [0.25, 0.3) is 0 Å². The number of aliphatic hydroxyl groups is 1.